The van der Waals surface area contributed by atoms with Crippen LogP contribution in [0.3, 0.4) is 0 Å². The number of hydrogen-bond acceptors (Lipinski definition) is 5. The van der Waals surface area contributed by atoms with E-state index in [0.717, 1.165) is 60.7 Å². The number of piperazine rings is 1. The number of aromatic amines is 1. The van der Waals surface area contributed by atoms with E-state index in [1.54, 1.807) is 0 Å². The summed E-state index contributed by atoms with van der Waals surface area (Å²) >= 11 is 5.98. The number of anilines is 1. The molecule has 206 valence electrons. The van der Waals surface area contributed by atoms with Crippen LogP contribution in [0.1, 0.15) is 16.7 Å². The molecule has 6 nitrogen and oxygen atoms in total. The summed E-state index contributed by atoms with van der Waals surface area (Å²) in [4.78, 5) is 7.05. The zero-order valence-electron chi connectivity index (χ0n) is 21.8. The molecule has 0 bridgehead atoms. The quantitative estimate of drug-likeness (QED) is 0.222. The van der Waals surface area contributed by atoms with Crippen molar-refractivity contribution in [2.24, 2.45) is 0 Å². The number of H-pyrrole nitrogens is 1. The Morgan fingerprint density at radius 3 is 2.12 bits per heavy atom. The van der Waals surface area contributed by atoms with Crippen LogP contribution in [-0.2, 0) is 12.1 Å². The Kier molecular flexibility index (Phi) is 7.12. The van der Waals surface area contributed by atoms with E-state index in [2.05, 4.69) is 26.5 Å². The lowest BCUT2D eigenvalue weighted by molar-refractivity contribution is -0.137. The van der Waals surface area contributed by atoms with Crippen molar-refractivity contribution in [3.8, 4) is 39.7 Å². The minimum absolute atomic E-state index is 0.348. The van der Waals surface area contributed by atoms with Crippen molar-refractivity contribution in [2.45, 2.75) is 12.1 Å². The standard InChI is InChI=1S/C31H24ClF3N6/c32-17-19-1-3-21(4-2-19)28-25(18-36)26(20-7-11-24(12-8-20)41-15-13-37-14-16-41)27-29(39-40-30(27)38-28)22-5-9-23(10-6-22)31(33,34)35/h1-12,37H,13-17H2,(H,38,39,40). The van der Waals surface area contributed by atoms with Crippen LogP contribution in [0, 0.1) is 11.3 Å². The predicted molar refractivity (Wildman–Crippen MR) is 155 cm³/mol. The molecule has 0 atom stereocenters. The molecule has 0 spiro atoms. The zero-order valence-corrected chi connectivity index (χ0v) is 22.5. The second kappa shape index (κ2) is 10.9. The summed E-state index contributed by atoms with van der Waals surface area (Å²) in [5, 5.41) is 21.8. The summed E-state index contributed by atoms with van der Waals surface area (Å²) in [6.07, 6.45) is -4.45. The highest BCUT2D eigenvalue weighted by Gasteiger charge is 2.30. The van der Waals surface area contributed by atoms with Crippen LogP contribution in [0.2, 0.25) is 0 Å². The maximum Gasteiger partial charge on any atom is 0.416 e. The number of alkyl halides is 4. The molecule has 0 radical (unpaired) electrons. The number of rotatable bonds is 5. The molecule has 1 aliphatic rings. The Morgan fingerprint density at radius 1 is 0.878 bits per heavy atom. The van der Waals surface area contributed by atoms with Crippen LogP contribution < -0.4 is 10.2 Å². The normalized spacial score (nSPS) is 13.9. The number of nitrogens with one attached hydrogen (secondary N) is 2. The monoisotopic (exact) mass is 572 g/mol. The first-order valence-electron chi connectivity index (χ1n) is 13.1. The average molecular weight is 573 g/mol. The molecule has 1 fully saturated rings. The van der Waals surface area contributed by atoms with Gasteiger partial charge in [0.2, 0.25) is 0 Å². The lowest BCUT2D eigenvalue weighted by Crippen LogP contribution is -2.43. The fourth-order valence-electron chi connectivity index (χ4n) is 5.21. The number of fused-ring (bicyclic) bond motifs is 1. The smallest absolute Gasteiger partial charge is 0.369 e. The molecule has 1 aliphatic heterocycles. The molecule has 3 heterocycles. The Morgan fingerprint density at radius 2 is 1.51 bits per heavy atom. The largest absolute Gasteiger partial charge is 0.416 e. The Hall–Kier alpha value is -4.39. The molecule has 0 amide bonds. The number of nitrogens with zero attached hydrogens (tertiary/aromatic N) is 4. The summed E-state index contributed by atoms with van der Waals surface area (Å²) in [6.45, 7) is 3.60. The van der Waals surface area contributed by atoms with Crippen LogP contribution in [-0.4, -0.2) is 41.4 Å². The molecule has 2 N–H and O–H groups in total. The minimum atomic E-state index is -4.45. The van der Waals surface area contributed by atoms with E-state index in [9.17, 15) is 18.4 Å². The Labute approximate surface area is 239 Å². The molecule has 41 heavy (non-hydrogen) atoms. The van der Waals surface area contributed by atoms with Gasteiger partial charge in [-0.05, 0) is 35.4 Å². The highest BCUT2D eigenvalue weighted by molar-refractivity contribution is 6.17. The van der Waals surface area contributed by atoms with Gasteiger partial charge < -0.3 is 10.2 Å². The van der Waals surface area contributed by atoms with Crippen LogP contribution in [0.4, 0.5) is 18.9 Å². The molecule has 6 rings (SSSR count). The van der Waals surface area contributed by atoms with Crippen LogP contribution in [0.5, 0.6) is 0 Å². The van der Waals surface area contributed by atoms with Crippen molar-refractivity contribution in [1.82, 2.24) is 20.5 Å². The summed E-state index contributed by atoms with van der Waals surface area (Å²) in [6, 6.07) is 22.7. The first kappa shape index (κ1) is 26.8. The number of hydrogen-bond donors (Lipinski definition) is 2. The lowest BCUT2D eigenvalue weighted by Gasteiger charge is -2.29. The van der Waals surface area contributed by atoms with Crippen molar-refractivity contribution in [2.75, 3.05) is 31.1 Å². The van der Waals surface area contributed by atoms with Gasteiger partial charge in [-0.2, -0.15) is 23.5 Å². The first-order chi connectivity index (χ1) is 19.9. The van der Waals surface area contributed by atoms with E-state index in [4.69, 9.17) is 16.6 Å². The highest BCUT2D eigenvalue weighted by Crippen LogP contribution is 2.41. The van der Waals surface area contributed by atoms with E-state index < -0.39 is 11.7 Å². The molecule has 0 aliphatic carbocycles. The zero-order chi connectivity index (χ0) is 28.6. The predicted octanol–water partition coefficient (Wildman–Crippen LogP) is 7.00. The van der Waals surface area contributed by atoms with Crippen molar-refractivity contribution in [3.63, 3.8) is 0 Å². The molecular weight excluding hydrogens is 549 g/mol. The van der Waals surface area contributed by atoms with Gasteiger partial charge in [0.1, 0.15) is 6.07 Å². The summed E-state index contributed by atoms with van der Waals surface area (Å²) in [5.41, 5.74) is 5.55. The van der Waals surface area contributed by atoms with Crippen LogP contribution in [0.15, 0.2) is 72.8 Å². The molecular formula is C31H24ClF3N6. The third kappa shape index (κ3) is 5.12. The van der Waals surface area contributed by atoms with Gasteiger partial charge in [0.05, 0.1) is 27.9 Å². The van der Waals surface area contributed by atoms with E-state index in [1.807, 2.05) is 48.5 Å². The summed E-state index contributed by atoms with van der Waals surface area (Å²) in [5.74, 6) is 0.360. The molecule has 3 aromatic carbocycles. The van der Waals surface area contributed by atoms with Gasteiger partial charge >= 0.3 is 6.18 Å². The second-order valence-corrected chi connectivity index (χ2v) is 10.1. The minimum Gasteiger partial charge on any atom is -0.369 e. The van der Waals surface area contributed by atoms with E-state index in [1.165, 1.54) is 12.1 Å². The Balaban J connectivity index is 1.56. The molecule has 10 heteroatoms. The van der Waals surface area contributed by atoms with Gasteiger partial charge in [-0.1, -0.05) is 48.5 Å². The fourth-order valence-corrected chi connectivity index (χ4v) is 5.39. The van der Waals surface area contributed by atoms with Crippen LogP contribution in [0.25, 0.3) is 44.7 Å². The number of halogens is 4. The number of nitriles is 1. The van der Waals surface area contributed by atoms with E-state index >= 15 is 0 Å². The highest BCUT2D eigenvalue weighted by atomic mass is 35.5. The molecule has 0 unspecified atom stereocenters. The summed E-state index contributed by atoms with van der Waals surface area (Å²) < 4.78 is 39.7. The Bertz CT molecular complexity index is 1730. The number of benzene rings is 3. The molecule has 0 saturated carbocycles. The van der Waals surface area contributed by atoms with Crippen molar-refractivity contribution in [1.29, 1.82) is 5.26 Å². The van der Waals surface area contributed by atoms with Gasteiger partial charge in [-0.25, -0.2) is 4.98 Å². The van der Waals surface area contributed by atoms with E-state index in [0.29, 0.717) is 45.0 Å². The van der Waals surface area contributed by atoms with Crippen molar-refractivity contribution in [3.05, 3.63) is 89.5 Å². The third-order valence-corrected chi connectivity index (χ3v) is 7.64. The first-order valence-corrected chi connectivity index (χ1v) is 13.6. The maximum absolute atomic E-state index is 13.2. The number of aromatic nitrogens is 3. The van der Waals surface area contributed by atoms with Gasteiger partial charge in [0.15, 0.2) is 5.65 Å². The maximum atomic E-state index is 13.2. The van der Waals surface area contributed by atoms with Gasteiger partial charge in [0.25, 0.3) is 0 Å². The van der Waals surface area contributed by atoms with E-state index in [-0.39, 0.29) is 0 Å². The topological polar surface area (TPSA) is 80.6 Å². The average Bonchev–Trinajstić information content (AvgIpc) is 3.44. The van der Waals surface area contributed by atoms with Crippen LogP contribution >= 0.6 is 11.6 Å². The molecule has 1 saturated heterocycles. The second-order valence-electron chi connectivity index (χ2n) is 9.81. The summed E-state index contributed by atoms with van der Waals surface area (Å²) in [7, 11) is 0. The lowest BCUT2D eigenvalue weighted by atomic mass is 9.91. The SMILES string of the molecule is N#Cc1c(-c2ccc(CCl)cc2)nc2n[nH]c(-c3ccc(C(F)(F)F)cc3)c2c1-c1ccc(N2CCNCC2)cc1. The molecule has 5 aromatic rings. The molecule has 2 aromatic heterocycles. The fraction of sp³-hybridized carbons (Fsp3) is 0.194. The van der Waals surface area contributed by atoms with Crippen molar-refractivity contribution < 1.29 is 13.2 Å². The van der Waals surface area contributed by atoms with Gasteiger partial charge in [0, 0.05) is 54.4 Å². The third-order valence-electron chi connectivity index (χ3n) is 7.33. The number of pyridine rings is 1. The van der Waals surface area contributed by atoms with Crippen molar-refractivity contribution >= 4 is 28.3 Å². The van der Waals surface area contributed by atoms with Gasteiger partial charge in [-0.15, -0.1) is 11.6 Å². The van der Waals surface area contributed by atoms with Gasteiger partial charge in [-0.3, -0.25) is 5.10 Å².